The summed E-state index contributed by atoms with van der Waals surface area (Å²) < 4.78 is 7.23. The summed E-state index contributed by atoms with van der Waals surface area (Å²) in [4.78, 5) is 25.4. The van der Waals surface area contributed by atoms with Crippen molar-refractivity contribution in [3.63, 3.8) is 0 Å². The van der Waals surface area contributed by atoms with Gasteiger partial charge in [-0.15, -0.1) is 0 Å². The molecule has 0 spiro atoms. The maximum absolute atomic E-state index is 12.4. The Kier molecular flexibility index (Phi) is 7.42. The van der Waals surface area contributed by atoms with Gasteiger partial charge in [-0.25, -0.2) is 9.97 Å². The van der Waals surface area contributed by atoms with Crippen molar-refractivity contribution >= 4 is 12.0 Å². The number of aromatic nitrogens is 4. The van der Waals surface area contributed by atoms with Crippen molar-refractivity contribution in [3.8, 4) is 0 Å². The number of carbonyl (C=O) groups is 1. The third-order valence-corrected chi connectivity index (χ3v) is 5.39. The predicted molar refractivity (Wildman–Crippen MR) is 121 cm³/mol. The molecule has 9 nitrogen and oxygen atoms in total. The fourth-order valence-electron chi connectivity index (χ4n) is 3.66. The van der Waals surface area contributed by atoms with Gasteiger partial charge in [-0.05, 0) is 12.5 Å². The lowest BCUT2D eigenvalue weighted by molar-refractivity contribution is 0.0930. The summed E-state index contributed by atoms with van der Waals surface area (Å²) >= 11 is 0. The molecule has 168 valence electrons. The highest BCUT2D eigenvalue weighted by atomic mass is 16.3. The number of oxazole rings is 1. The molecular formula is C23H29N7O2. The van der Waals surface area contributed by atoms with Gasteiger partial charge in [0.05, 0.1) is 13.1 Å². The van der Waals surface area contributed by atoms with Gasteiger partial charge in [0.15, 0.2) is 5.69 Å². The van der Waals surface area contributed by atoms with E-state index in [1.165, 1.54) is 18.2 Å². The van der Waals surface area contributed by atoms with E-state index < -0.39 is 0 Å². The van der Waals surface area contributed by atoms with E-state index in [4.69, 9.17) is 4.42 Å². The van der Waals surface area contributed by atoms with Crippen molar-refractivity contribution in [2.75, 3.05) is 32.7 Å². The lowest BCUT2D eigenvalue weighted by Gasteiger charge is -2.33. The third kappa shape index (κ3) is 6.35. The average Bonchev–Trinajstić information content (AvgIpc) is 3.48. The highest BCUT2D eigenvalue weighted by Gasteiger charge is 2.20. The average molecular weight is 436 g/mol. The first kappa shape index (κ1) is 21.9. The zero-order valence-electron chi connectivity index (χ0n) is 18.3. The number of hydrogen-bond donors (Lipinski definition) is 1. The Morgan fingerprint density at radius 1 is 1.19 bits per heavy atom. The molecule has 3 heterocycles. The number of amides is 1. The third-order valence-electron chi connectivity index (χ3n) is 5.39. The van der Waals surface area contributed by atoms with E-state index >= 15 is 0 Å². The van der Waals surface area contributed by atoms with Gasteiger partial charge >= 0.3 is 0 Å². The summed E-state index contributed by atoms with van der Waals surface area (Å²) in [6.45, 7) is 7.88. The van der Waals surface area contributed by atoms with Crippen LogP contribution in [-0.4, -0.2) is 74.2 Å². The number of hydrogen-bond acceptors (Lipinski definition) is 7. The second kappa shape index (κ2) is 10.8. The normalized spacial score (nSPS) is 16.4. The molecule has 1 saturated heterocycles. The van der Waals surface area contributed by atoms with Crippen LogP contribution in [0.15, 0.2) is 59.7 Å². The molecule has 9 heteroatoms. The molecule has 32 heavy (non-hydrogen) atoms. The van der Waals surface area contributed by atoms with Crippen molar-refractivity contribution < 1.29 is 9.21 Å². The molecule has 0 radical (unpaired) electrons. The Labute approximate surface area is 187 Å². The standard InChI is InChI=1S/C23H29N7O2/c1-19(14-30-18-24-17-25-30)26-23(31)21-16-32-22(27-21)15-29-12-10-28(11-13-29)9-5-8-20-6-3-2-4-7-20/h2-8,16-19H,9-15H2,1H3,(H,26,31)/b8-5+/t19-/m0/s1. The minimum atomic E-state index is -0.248. The first-order valence-corrected chi connectivity index (χ1v) is 10.9. The van der Waals surface area contributed by atoms with Crippen molar-refractivity contribution in [1.82, 2.24) is 34.9 Å². The molecule has 4 rings (SSSR count). The molecule has 1 N–H and O–H groups in total. The molecule has 2 aromatic heterocycles. The first-order valence-electron chi connectivity index (χ1n) is 10.9. The van der Waals surface area contributed by atoms with E-state index in [-0.39, 0.29) is 11.9 Å². The van der Waals surface area contributed by atoms with Crippen LogP contribution < -0.4 is 5.32 Å². The molecule has 1 aliphatic heterocycles. The maximum Gasteiger partial charge on any atom is 0.273 e. The smallest absolute Gasteiger partial charge is 0.273 e. The molecule has 1 atom stereocenters. The van der Waals surface area contributed by atoms with Crippen LogP contribution in [0.2, 0.25) is 0 Å². The van der Waals surface area contributed by atoms with E-state index in [0.29, 0.717) is 24.7 Å². The van der Waals surface area contributed by atoms with E-state index in [9.17, 15) is 4.79 Å². The van der Waals surface area contributed by atoms with Crippen LogP contribution in [0.25, 0.3) is 6.08 Å². The van der Waals surface area contributed by atoms with Gasteiger partial charge in [0, 0.05) is 38.8 Å². The van der Waals surface area contributed by atoms with Gasteiger partial charge in [-0.2, -0.15) is 5.10 Å². The van der Waals surface area contributed by atoms with Crippen molar-refractivity contribution in [1.29, 1.82) is 0 Å². The summed E-state index contributed by atoms with van der Waals surface area (Å²) in [6, 6.07) is 10.2. The van der Waals surface area contributed by atoms with E-state index in [2.05, 4.69) is 66.6 Å². The lowest BCUT2D eigenvalue weighted by Crippen LogP contribution is -2.45. The zero-order chi connectivity index (χ0) is 22.2. The second-order valence-electron chi connectivity index (χ2n) is 8.01. The summed E-state index contributed by atoms with van der Waals surface area (Å²) in [5, 5.41) is 6.96. The van der Waals surface area contributed by atoms with Crippen LogP contribution in [-0.2, 0) is 13.1 Å². The molecule has 1 amide bonds. The molecular weight excluding hydrogens is 406 g/mol. The van der Waals surface area contributed by atoms with E-state index in [0.717, 1.165) is 32.7 Å². The molecule has 0 bridgehead atoms. The number of rotatable bonds is 9. The summed E-state index contributed by atoms with van der Waals surface area (Å²) in [7, 11) is 0. The van der Waals surface area contributed by atoms with E-state index in [1.54, 1.807) is 11.0 Å². The van der Waals surface area contributed by atoms with Crippen molar-refractivity contribution in [3.05, 3.63) is 72.5 Å². The van der Waals surface area contributed by atoms with Gasteiger partial charge < -0.3 is 9.73 Å². The molecule has 1 aromatic carbocycles. The fraction of sp³-hybridized carbons (Fsp3) is 0.391. The Hall–Kier alpha value is -3.30. The van der Waals surface area contributed by atoms with Crippen LogP contribution in [0.5, 0.6) is 0 Å². The fourth-order valence-corrected chi connectivity index (χ4v) is 3.66. The summed E-state index contributed by atoms with van der Waals surface area (Å²) in [5.74, 6) is 0.319. The largest absolute Gasteiger partial charge is 0.447 e. The SMILES string of the molecule is C[C@@H](Cn1cncn1)NC(=O)c1coc(CN2CCN(C/C=C/c3ccccc3)CC2)n1. The quantitative estimate of drug-likeness (QED) is 0.549. The number of nitrogens with one attached hydrogen (secondary N) is 1. The number of carbonyl (C=O) groups excluding carboxylic acids is 1. The number of benzene rings is 1. The number of piperazine rings is 1. The Balaban J connectivity index is 1.19. The Morgan fingerprint density at radius 3 is 2.72 bits per heavy atom. The van der Waals surface area contributed by atoms with E-state index in [1.807, 2.05) is 13.0 Å². The topological polar surface area (TPSA) is 92.3 Å². The van der Waals surface area contributed by atoms with Gasteiger partial charge in [-0.3, -0.25) is 19.3 Å². The zero-order valence-corrected chi connectivity index (χ0v) is 18.3. The molecule has 0 saturated carbocycles. The van der Waals surface area contributed by atoms with Crippen LogP contribution in [0, 0.1) is 0 Å². The minimum absolute atomic E-state index is 0.103. The van der Waals surface area contributed by atoms with Gasteiger partial charge in [0.25, 0.3) is 5.91 Å². The lowest BCUT2D eigenvalue weighted by atomic mass is 10.2. The summed E-state index contributed by atoms with van der Waals surface area (Å²) in [5.41, 5.74) is 1.53. The second-order valence-corrected chi connectivity index (χ2v) is 8.01. The molecule has 0 aliphatic carbocycles. The number of nitrogens with zero attached hydrogens (tertiary/aromatic N) is 6. The molecule has 0 unspecified atom stereocenters. The van der Waals surface area contributed by atoms with Crippen LogP contribution >= 0.6 is 0 Å². The van der Waals surface area contributed by atoms with Gasteiger partial charge in [0.1, 0.15) is 18.9 Å². The highest BCUT2D eigenvalue weighted by molar-refractivity contribution is 5.92. The predicted octanol–water partition coefficient (Wildman–Crippen LogP) is 1.92. The molecule has 1 fully saturated rings. The maximum atomic E-state index is 12.4. The Bertz CT molecular complexity index is 993. The van der Waals surface area contributed by atoms with Crippen LogP contribution in [0.3, 0.4) is 0 Å². The summed E-state index contributed by atoms with van der Waals surface area (Å²) in [6.07, 6.45) is 8.90. The van der Waals surface area contributed by atoms with Crippen LogP contribution in [0.1, 0.15) is 28.9 Å². The van der Waals surface area contributed by atoms with Crippen molar-refractivity contribution in [2.45, 2.75) is 26.1 Å². The highest BCUT2D eigenvalue weighted by Crippen LogP contribution is 2.10. The minimum Gasteiger partial charge on any atom is -0.447 e. The molecule has 3 aromatic rings. The van der Waals surface area contributed by atoms with Crippen molar-refractivity contribution in [2.24, 2.45) is 0 Å². The molecule has 1 aliphatic rings. The monoisotopic (exact) mass is 435 g/mol. The van der Waals surface area contributed by atoms with Gasteiger partial charge in [0.2, 0.25) is 5.89 Å². The van der Waals surface area contributed by atoms with Gasteiger partial charge in [-0.1, -0.05) is 42.5 Å². The Morgan fingerprint density at radius 2 is 1.97 bits per heavy atom. The van der Waals surface area contributed by atoms with Crippen LogP contribution in [0.4, 0.5) is 0 Å². The first-order chi connectivity index (χ1) is 15.7.